The Morgan fingerprint density at radius 1 is 1.57 bits per heavy atom. The van der Waals surface area contributed by atoms with Crippen LogP contribution >= 0.6 is 11.8 Å². The maximum atomic E-state index is 8.56. The monoisotopic (exact) mass is 208 g/mol. The summed E-state index contributed by atoms with van der Waals surface area (Å²) in [6.45, 7) is 0.781. The number of ether oxygens (including phenoxy) is 1. The molecule has 0 N–H and O–H groups in total. The van der Waals surface area contributed by atoms with E-state index in [-0.39, 0.29) is 0 Å². The van der Waals surface area contributed by atoms with Gasteiger partial charge < -0.3 is 4.74 Å². The molecule has 3 nitrogen and oxygen atoms in total. The van der Waals surface area contributed by atoms with Crippen molar-refractivity contribution in [3.8, 4) is 6.07 Å². The summed E-state index contributed by atoms with van der Waals surface area (Å²) in [6, 6.07) is 5.69. The van der Waals surface area contributed by atoms with Gasteiger partial charge in [0.05, 0.1) is 10.6 Å². The van der Waals surface area contributed by atoms with Crippen LogP contribution in [0.5, 0.6) is 0 Å². The minimum absolute atomic E-state index is 0.603. The van der Waals surface area contributed by atoms with Crippen LogP contribution in [0.3, 0.4) is 0 Å². The van der Waals surface area contributed by atoms with Gasteiger partial charge in [0.15, 0.2) is 0 Å². The van der Waals surface area contributed by atoms with Crippen molar-refractivity contribution in [3.63, 3.8) is 0 Å². The number of aromatic nitrogens is 1. The van der Waals surface area contributed by atoms with Crippen molar-refractivity contribution in [2.24, 2.45) is 0 Å². The van der Waals surface area contributed by atoms with Gasteiger partial charge in [0.25, 0.3) is 0 Å². The first-order chi connectivity index (χ1) is 6.86. The molecule has 0 bridgehead atoms. The van der Waals surface area contributed by atoms with E-state index < -0.39 is 0 Å². The summed E-state index contributed by atoms with van der Waals surface area (Å²) in [6.07, 6.45) is 2.61. The van der Waals surface area contributed by atoms with Gasteiger partial charge >= 0.3 is 0 Å². The molecule has 0 atom stereocenters. The van der Waals surface area contributed by atoms with Crippen LogP contribution in [0.4, 0.5) is 0 Å². The van der Waals surface area contributed by atoms with Crippen molar-refractivity contribution in [1.29, 1.82) is 5.26 Å². The van der Waals surface area contributed by atoms with E-state index in [0.717, 1.165) is 23.8 Å². The minimum atomic E-state index is 0.603. The Balaban J connectivity index is 2.33. The fourth-order valence-electron chi connectivity index (χ4n) is 0.912. The van der Waals surface area contributed by atoms with Gasteiger partial charge in [-0.15, -0.1) is 11.8 Å². The molecule has 14 heavy (non-hydrogen) atoms. The van der Waals surface area contributed by atoms with Crippen molar-refractivity contribution in [2.45, 2.75) is 11.4 Å². The highest BCUT2D eigenvalue weighted by atomic mass is 32.2. The lowest BCUT2D eigenvalue weighted by Gasteiger charge is -1.99. The maximum Gasteiger partial charge on any atom is 0.101 e. The average Bonchev–Trinajstić information content (AvgIpc) is 2.25. The summed E-state index contributed by atoms with van der Waals surface area (Å²) in [4.78, 5) is 4.15. The predicted molar refractivity (Wildman–Crippen MR) is 56.2 cm³/mol. The van der Waals surface area contributed by atoms with Crippen LogP contribution in [-0.4, -0.2) is 24.5 Å². The van der Waals surface area contributed by atoms with Gasteiger partial charge in [0, 0.05) is 25.7 Å². The first-order valence-corrected chi connectivity index (χ1v) is 5.33. The van der Waals surface area contributed by atoms with Gasteiger partial charge in [-0.25, -0.2) is 4.98 Å². The molecule has 0 unspecified atom stereocenters. The molecule has 4 heteroatoms. The number of hydrogen-bond donors (Lipinski definition) is 0. The minimum Gasteiger partial charge on any atom is -0.385 e. The second kappa shape index (κ2) is 6.41. The van der Waals surface area contributed by atoms with Crippen LogP contribution in [0.2, 0.25) is 0 Å². The molecule has 1 aromatic heterocycles. The van der Waals surface area contributed by atoms with Gasteiger partial charge in [0.1, 0.15) is 6.07 Å². The quantitative estimate of drug-likeness (QED) is 0.549. The second-order valence-electron chi connectivity index (χ2n) is 2.69. The molecule has 74 valence electrons. The molecule has 0 aromatic carbocycles. The number of rotatable bonds is 5. The molecule has 1 heterocycles. The van der Waals surface area contributed by atoms with E-state index in [1.54, 1.807) is 31.1 Å². The first-order valence-electron chi connectivity index (χ1n) is 4.34. The zero-order valence-electron chi connectivity index (χ0n) is 8.06. The van der Waals surface area contributed by atoms with E-state index in [1.165, 1.54) is 0 Å². The van der Waals surface area contributed by atoms with Crippen molar-refractivity contribution in [1.82, 2.24) is 4.98 Å². The molecular formula is C10H12N2OS. The highest BCUT2D eigenvalue weighted by molar-refractivity contribution is 7.99. The van der Waals surface area contributed by atoms with Gasteiger partial charge in [-0.2, -0.15) is 5.26 Å². The summed E-state index contributed by atoms with van der Waals surface area (Å²) in [7, 11) is 1.70. The lowest BCUT2D eigenvalue weighted by Crippen LogP contribution is -1.91. The lowest BCUT2D eigenvalue weighted by molar-refractivity contribution is 0.200. The standard InChI is InChI=1S/C10H12N2OS/c1-13-5-2-6-14-10-4-3-9(7-11)8-12-10/h3-4,8H,2,5-6H2,1H3. The Morgan fingerprint density at radius 3 is 3.00 bits per heavy atom. The summed E-state index contributed by atoms with van der Waals surface area (Å²) >= 11 is 1.68. The summed E-state index contributed by atoms with van der Waals surface area (Å²) in [5.41, 5.74) is 0.603. The summed E-state index contributed by atoms with van der Waals surface area (Å²) in [5, 5.41) is 9.52. The van der Waals surface area contributed by atoms with Crippen LogP contribution in [0.15, 0.2) is 23.4 Å². The molecule has 0 fully saturated rings. The van der Waals surface area contributed by atoms with E-state index in [4.69, 9.17) is 10.00 Å². The van der Waals surface area contributed by atoms with E-state index >= 15 is 0 Å². The zero-order chi connectivity index (χ0) is 10.2. The topological polar surface area (TPSA) is 45.9 Å². The molecule has 0 saturated heterocycles. The zero-order valence-corrected chi connectivity index (χ0v) is 8.88. The third kappa shape index (κ3) is 3.77. The fraction of sp³-hybridized carbons (Fsp3) is 0.400. The van der Waals surface area contributed by atoms with Crippen molar-refractivity contribution < 1.29 is 4.74 Å². The van der Waals surface area contributed by atoms with Gasteiger partial charge in [-0.05, 0) is 18.6 Å². The molecule has 0 aliphatic carbocycles. The SMILES string of the molecule is COCCCSc1ccc(C#N)cn1. The second-order valence-corrected chi connectivity index (χ2v) is 3.81. The highest BCUT2D eigenvalue weighted by Gasteiger charge is 1.95. The third-order valence-electron chi connectivity index (χ3n) is 1.61. The highest BCUT2D eigenvalue weighted by Crippen LogP contribution is 2.15. The molecule has 0 saturated carbocycles. The Bertz CT molecular complexity index is 305. The Hall–Kier alpha value is -1.05. The molecule has 0 aliphatic heterocycles. The smallest absolute Gasteiger partial charge is 0.101 e. The number of nitriles is 1. The fourth-order valence-corrected chi connectivity index (χ4v) is 1.67. The normalized spacial score (nSPS) is 9.71. The van der Waals surface area contributed by atoms with Crippen LogP contribution in [0.25, 0.3) is 0 Å². The maximum absolute atomic E-state index is 8.56. The summed E-state index contributed by atoms with van der Waals surface area (Å²) < 4.78 is 4.94. The van der Waals surface area contributed by atoms with Gasteiger partial charge in [0.2, 0.25) is 0 Å². The molecule has 0 spiro atoms. The molecule has 1 aromatic rings. The Morgan fingerprint density at radius 2 is 2.43 bits per heavy atom. The van der Waals surface area contributed by atoms with Crippen molar-refractivity contribution in [3.05, 3.63) is 23.9 Å². The molecule has 0 amide bonds. The Labute approximate surface area is 88.1 Å². The molecule has 0 radical (unpaired) electrons. The number of nitrogens with zero attached hydrogens (tertiary/aromatic N) is 2. The van der Waals surface area contributed by atoms with Gasteiger partial charge in [-0.3, -0.25) is 0 Å². The molecular weight excluding hydrogens is 196 g/mol. The average molecular weight is 208 g/mol. The molecule has 0 aliphatic rings. The Kier molecular flexibility index (Phi) is 5.05. The number of hydrogen-bond acceptors (Lipinski definition) is 4. The first kappa shape index (κ1) is 11.0. The predicted octanol–water partition coefficient (Wildman–Crippen LogP) is 2.08. The van der Waals surface area contributed by atoms with Crippen LogP contribution in [0, 0.1) is 11.3 Å². The van der Waals surface area contributed by atoms with Crippen molar-refractivity contribution in [2.75, 3.05) is 19.5 Å². The molecule has 1 rings (SSSR count). The third-order valence-corrected chi connectivity index (χ3v) is 2.64. The van der Waals surface area contributed by atoms with Gasteiger partial charge in [-0.1, -0.05) is 0 Å². The van der Waals surface area contributed by atoms with E-state index in [9.17, 15) is 0 Å². The number of thioether (sulfide) groups is 1. The number of pyridine rings is 1. The van der Waals surface area contributed by atoms with E-state index in [2.05, 4.69) is 4.98 Å². The summed E-state index contributed by atoms with van der Waals surface area (Å²) in [5.74, 6) is 0.993. The number of methoxy groups -OCH3 is 1. The van der Waals surface area contributed by atoms with Crippen LogP contribution in [-0.2, 0) is 4.74 Å². The lowest BCUT2D eigenvalue weighted by atomic mass is 10.3. The van der Waals surface area contributed by atoms with E-state index in [0.29, 0.717) is 5.56 Å². The van der Waals surface area contributed by atoms with Crippen molar-refractivity contribution >= 4 is 11.8 Å². The van der Waals surface area contributed by atoms with E-state index in [1.807, 2.05) is 12.1 Å². The largest absolute Gasteiger partial charge is 0.385 e. The van der Waals surface area contributed by atoms with Crippen LogP contribution in [0.1, 0.15) is 12.0 Å². The van der Waals surface area contributed by atoms with Crippen LogP contribution < -0.4 is 0 Å².